The van der Waals surface area contributed by atoms with Crippen LogP contribution in [-0.2, 0) is 16.1 Å². The van der Waals surface area contributed by atoms with Gasteiger partial charge in [0.25, 0.3) is 0 Å². The van der Waals surface area contributed by atoms with Crippen LogP contribution in [0.2, 0.25) is 0 Å². The van der Waals surface area contributed by atoms with E-state index in [2.05, 4.69) is 0 Å². The third-order valence-corrected chi connectivity index (χ3v) is 4.04. The molecule has 0 aromatic heterocycles. The Labute approximate surface area is 140 Å². The highest BCUT2D eigenvalue weighted by atomic mass is 16.7. The lowest BCUT2D eigenvalue weighted by atomic mass is 10.1. The molecule has 1 saturated heterocycles. The molecule has 0 bridgehead atoms. The first-order chi connectivity index (χ1) is 11.6. The van der Waals surface area contributed by atoms with Crippen LogP contribution in [-0.4, -0.2) is 36.6 Å². The summed E-state index contributed by atoms with van der Waals surface area (Å²) in [5.74, 6) is 0. The molecule has 2 aromatic rings. The summed E-state index contributed by atoms with van der Waals surface area (Å²) < 4.78 is 5.60. The molecule has 1 N–H and O–H groups in total. The lowest BCUT2D eigenvalue weighted by molar-refractivity contribution is -0.138. The highest BCUT2D eigenvalue weighted by Crippen LogP contribution is 2.41. The molecule has 1 aliphatic heterocycles. The van der Waals surface area contributed by atoms with Gasteiger partial charge in [0.05, 0.1) is 13.7 Å². The van der Waals surface area contributed by atoms with E-state index in [1.165, 1.54) is 4.90 Å². The molecule has 3 rings (SSSR count). The number of anilines is 1. The van der Waals surface area contributed by atoms with Crippen molar-refractivity contribution < 1.29 is 19.5 Å². The van der Waals surface area contributed by atoms with Gasteiger partial charge in [0, 0.05) is 12.7 Å². The minimum Gasteiger partial charge on any atom is -0.465 e. The monoisotopic (exact) mass is 328 g/mol. The van der Waals surface area contributed by atoms with Crippen molar-refractivity contribution in [3.63, 3.8) is 0 Å². The van der Waals surface area contributed by atoms with Crippen LogP contribution in [0, 0.1) is 0 Å². The highest BCUT2D eigenvalue weighted by Gasteiger charge is 2.44. The topological polar surface area (TPSA) is 65.5 Å². The van der Waals surface area contributed by atoms with E-state index < -0.39 is 6.09 Å². The molecule has 0 spiro atoms. The van der Waals surface area contributed by atoms with E-state index >= 15 is 0 Å². The van der Waals surface area contributed by atoms with Gasteiger partial charge in [-0.15, -0.1) is 0 Å². The van der Waals surface area contributed by atoms with Crippen LogP contribution >= 0.6 is 0 Å². The van der Waals surface area contributed by atoms with Crippen LogP contribution in [0.3, 0.4) is 0 Å². The number of hydrogen-bond donors (Lipinski definition) is 1. The van der Waals surface area contributed by atoms with Crippen molar-refractivity contribution in [2.24, 2.45) is 0 Å². The summed E-state index contributed by atoms with van der Waals surface area (Å²) in [6.07, 6.45) is -1.24. The molecular formula is C18H20N2O4. The fourth-order valence-corrected chi connectivity index (χ4v) is 2.63. The lowest BCUT2D eigenvalue weighted by Gasteiger charge is -2.20. The van der Waals surface area contributed by atoms with E-state index in [-0.39, 0.29) is 12.3 Å². The quantitative estimate of drug-likeness (QED) is 0.651. The predicted molar refractivity (Wildman–Crippen MR) is 89.5 cm³/mol. The van der Waals surface area contributed by atoms with E-state index in [0.717, 1.165) is 11.1 Å². The van der Waals surface area contributed by atoms with E-state index in [9.17, 15) is 9.90 Å². The number of likely N-dealkylation sites (N-methyl/N-ethyl adjacent to an activating group) is 1. The summed E-state index contributed by atoms with van der Waals surface area (Å²) in [6, 6.07) is 16.9. The minimum absolute atomic E-state index is 0.109. The molecule has 1 heterocycles. The van der Waals surface area contributed by atoms with Crippen molar-refractivity contribution >= 4 is 11.8 Å². The Bertz CT molecular complexity index is 707. The zero-order valence-corrected chi connectivity index (χ0v) is 13.6. The second-order valence-electron chi connectivity index (χ2n) is 5.63. The molecule has 1 aliphatic rings. The Morgan fingerprint density at radius 3 is 2.62 bits per heavy atom. The number of nitrogens with zero attached hydrogens (tertiary/aromatic N) is 2. The number of carbonyl (C=O) groups is 1. The van der Waals surface area contributed by atoms with Crippen LogP contribution in [0.15, 0.2) is 54.6 Å². The molecule has 2 unspecified atom stereocenters. The molecule has 1 amide bonds. The number of benzene rings is 2. The molecule has 6 heteroatoms. The van der Waals surface area contributed by atoms with Gasteiger partial charge in [-0.05, 0) is 23.3 Å². The van der Waals surface area contributed by atoms with Crippen LogP contribution in [0.5, 0.6) is 0 Å². The Balaban J connectivity index is 1.79. The van der Waals surface area contributed by atoms with Gasteiger partial charge in [0.15, 0.2) is 6.23 Å². The molecule has 24 heavy (non-hydrogen) atoms. The second kappa shape index (κ2) is 7.00. The average molecular weight is 328 g/mol. The van der Waals surface area contributed by atoms with Crippen molar-refractivity contribution in [3.05, 3.63) is 65.7 Å². The van der Waals surface area contributed by atoms with Gasteiger partial charge in [0.1, 0.15) is 6.10 Å². The minimum atomic E-state index is -0.988. The third kappa shape index (κ3) is 3.56. The maximum absolute atomic E-state index is 11.7. The van der Waals surface area contributed by atoms with Crippen molar-refractivity contribution in [1.82, 2.24) is 5.06 Å². The molecule has 6 nitrogen and oxygen atoms in total. The fraction of sp³-hybridized carbons (Fsp3) is 0.278. The maximum atomic E-state index is 11.7. The van der Waals surface area contributed by atoms with Gasteiger partial charge in [-0.3, -0.25) is 9.74 Å². The zero-order valence-electron chi connectivity index (χ0n) is 13.6. The molecule has 0 saturated carbocycles. The molecule has 1 fully saturated rings. The largest absolute Gasteiger partial charge is 0.465 e. The Morgan fingerprint density at radius 2 is 1.96 bits per heavy atom. The first kappa shape index (κ1) is 16.4. The van der Waals surface area contributed by atoms with Gasteiger partial charge in [-0.2, -0.15) is 5.06 Å². The number of hydrogen-bond acceptors (Lipinski definition) is 4. The standard InChI is InChI=1S/C18H20N2O4/c1-19(23-2)17-16(24-17)14-9-6-10-15(11-14)20(18(21)22)12-13-7-4-3-5-8-13/h3-11,16-17H,12H2,1-2H3,(H,21,22). The van der Waals surface area contributed by atoms with E-state index in [1.807, 2.05) is 48.5 Å². The van der Waals surface area contributed by atoms with Crippen molar-refractivity contribution in [2.45, 2.75) is 18.9 Å². The summed E-state index contributed by atoms with van der Waals surface area (Å²) in [5, 5.41) is 11.2. The van der Waals surface area contributed by atoms with Gasteiger partial charge >= 0.3 is 6.09 Å². The van der Waals surface area contributed by atoms with Gasteiger partial charge < -0.3 is 9.84 Å². The van der Waals surface area contributed by atoms with Crippen LogP contribution in [0.25, 0.3) is 0 Å². The normalized spacial score (nSPS) is 19.3. The Hall–Kier alpha value is -2.41. The van der Waals surface area contributed by atoms with Crippen LogP contribution in [0.4, 0.5) is 10.5 Å². The molecule has 2 atom stereocenters. The number of ether oxygens (including phenoxy) is 1. The van der Waals surface area contributed by atoms with E-state index in [0.29, 0.717) is 12.2 Å². The summed E-state index contributed by atoms with van der Waals surface area (Å²) in [7, 11) is 3.38. The van der Waals surface area contributed by atoms with Gasteiger partial charge in [-0.25, -0.2) is 4.79 Å². The highest BCUT2D eigenvalue weighted by molar-refractivity contribution is 5.86. The molecule has 2 aromatic carbocycles. The molecular weight excluding hydrogens is 308 g/mol. The summed E-state index contributed by atoms with van der Waals surface area (Å²) in [4.78, 5) is 18.1. The van der Waals surface area contributed by atoms with Crippen LogP contribution < -0.4 is 4.90 Å². The number of hydroxylamine groups is 2. The first-order valence-electron chi connectivity index (χ1n) is 7.67. The SMILES string of the molecule is CON(C)C1OC1c1cccc(N(Cc2ccccc2)C(=O)O)c1. The maximum Gasteiger partial charge on any atom is 0.412 e. The van der Waals surface area contributed by atoms with Gasteiger partial charge in [0.2, 0.25) is 0 Å². The summed E-state index contributed by atoms with van der Waals surface area (Å²) in [6.45, 7) is 0.298. The van der Waals surface area contributed by atoms with Crippen LogP contribution in [0.1, 0.15) is 17.2 Å². The number of carboxylic acid groups (broad SMARTS) is 1. The van der Waals surface area contributed by atoms with Crippen molar-refractivity contribution in [1.29, 1.82) is 0 Å². The summed E-state index contributed by atoms with van der Waals surface area (Å²) >= 11 is 0. The van der Waals surface area contributed by atoms with Crippen molar-refractivity contribution in [3.8, 4) is 0 Å². The lowest BCUT2D eigenvalue weighted by Crippen LogP contribution is -2.28. The number of amides is 1. The average Bonchev–Trinajstić information content (AvgIpc) is 3.40. The molecule has 0 radical (unpaired) electrons. The predicted octanol–water partition coefficient (Wildman–Crippen LogP) is 3.26. The van der Waals surface area contributed by atoms with Crippen molar-refractivity contribution in [2.75, 3.05) is 19.1 Å². The van der Waals surface area contributed by atoms with E-state index in [4.69, 9.17) is 9.57 Å². The number of rotatable bonds is 6. The first-order valence-corrected chi connectivity index (χ1v) is 7.67. The smallest absolute Gasteiger partial charge is 0.412 e. The van der Waals surface area contributed by atoms with Gasteiger partial charge in [-0.1, -0.05) is 42.5 Å². The fourth-order valence-electron chi connectivity index (χ4n) is 2.63. The zero-order chi connectivity index (χ0) is 17.1. The number of epoxide rings is 1. The third-order valence-electron chi connectivity index (χ3n) is 4.04. The summed E-state index contributed by atoms with van der Waals surface area (Å²) in [5.41, 5.74) is 2.49. The van der Waals surface area contributed by atoms with E-state index in [1.54, 1.807) is 25.3 Å². The second-order valence-corrected chi connectivity index (χ2v) is 5.63. The molecule has 126 valence electrons. The Morgan fingerprint density at radius 1 is 1.21 bits per heavy atom. The Kier molecular flexibility index (Phi) is 4.80. The molecule has 0 aliphatic carbocycles.